The second-order valence-electron chi connectivity index (χ2n) is 5.19. The number of aryl methyl sites for hydroxylation is 1. The third kappa shape index (κ3) is 2.47. The molecular formula is C13H20N2S. The first-order valence-electron chi connectivity index (χ1n) is 6.32. The second-order valence-corrected chi connectivity index (χ2v) is 6.19. The van der Waals surface area contributed by atoms with Crippen LogP contribution in [0.2, 0.25) is 0 Å². The first-order chi connectivity index (χ1) is 7.81. The molecule has 88 valence electrons. The predicted molar refractivity (Wildman–Crippen MR) is 68.9 cm³/mol. The van der Waals surface area contributed by atoms with Gasteiger partial charge in [0.15, 0.2) is 0 Å². The summed E-state index contributed by atoms with van der Waals surface area (Å²) >= 11 is 1.90. The van der Waals surface area contributed by atoms with Gasteiger partial charge in [0.25, 0.3) is 0 Å². The number of rotatable bonds is 4. The summed E-state index contributed by atoms with van der Waals surface area (Å²) in [6, 6.07) is 3.84. The summed E-state index contributed by atoms with van der Waals surface area (Å²) in [5, 5.41) is 5.95. The largest absolute Gasteiger partial charge is 0.310 e. The van der Waals surface area contributed by atoms with Crippen LogP contribution in [0.15, 0.2) is 11.4 Å². The zero-order valence-corrected chi connectivity index (χ0v) is 10.7. The Bertz CT molecular complexity index is 357. The van der Waals surface area contributed by atoms with Gasteiger partial charge in [-0.2, -0.15) is 0 Å². The zero-order chi connectivity index (χ0) is 11.0. The van der Waals surface area contributed by atoms with Gasteiger partial charge in [-0.15, -0.1) is 11.3 Å². The zero-order valence-electron chi connectivity index (χ0n) is 9.91. The fourth-order valence-electron chi connectivity index (χ4n) is 2.46. The number of hydrogen-bond donors (Lipinski definition) is 1. The van der Waals surface area contributed by atoms with Crippen LogP contribution in [0.3, 0.4) is 0 Å². The lowest BCUT2D eigenvalue weighted by atomic mass is 10.2. The van der Waals surface area contributed by atoms with Gasteiger partial charge >= 0.3 is 0 Å². The molecule has 3 heteroatoms. The van der Waals surface area contributed by atoms with Crippen molar-refractivity contribution in [3.8, 4) is 0 Å². The van der Waals surface area contributed by atoms with Gasteiger partial charge in [0, 0.05) is 36.6 Å². The van der Waals surface area contributed by atoms with Crippen LogP contribution in [-0.4, -0.2) is 30.1 Å². The predicted octanol–water partition coefficient (Wildman–Crippen LogP) is 2.38. The molecule has 1 unspecified atom stereocenters. The van der Waals surface area contributed by atoms with E-state index in [9.17, 15) is 0 Å². The maximum absolute atomic E-state index is 3.74. The molecule has 1 aliphatic heterocycles. The van der Waals surface area contributed by atoms with Crippen LogP contribution < -0.4 is 5.32 Å². The Kier molecular flexibility index (Phi) is 3.01. The summed E-state index contributed by atoms with van der Waals surface area (Å²) in [6.07, 6.45) is 4.14. The van der Waals surface area contributed by atoms with Gasteiger partial charge < -0.3 is 5.32 Å². The van der Waals surface area contributed by atoms with Gasteiger partial charge in [0.2, 0.25) is 0 Å². The standard InChI is InChI=1S/C13H20N2S/c1-10-5-7-16-13(10)9-15-6-4-12(8-15)14-11-2-3-11/h5,7,11-12,14H,2-4,6,8-9H2,1H3. The molecule has 0 radical (unpaired) electrons. The molecule has 1 N–H and O–H groups in total. The Balaban J connectivity index is 1.51. The molecule has 1 aromatic heterocycles. The van der Waals surface area contributed by atoms with E-state index in [1.165, 1.54) is 37.9 Å². The number of nitrogens with zero attached hydrogens (tertiary/aromatic N) is 1. The third-order valence-corrected chi connectivity index (χ3v) is 4.66. The molecule has 2 aliphatic rings. The van der Waals surface area contributed by atoms with E-state index in [0.29, 0.717) is 0 Å². The minimum absolute atomic E-state index is 0.757. The minimum Gasteiger partial charge on any atom is -0.310 e. The van der Waals surface area contributed by atoms with Crippen LogP contribution in [0.1, 0.15) is 29.7 Å². The molecule has 1 saturated heterocycles. The van der Waals surface area contributed by atoms with E-state index in [1.807, 2.05) is 11.3 Å². The highest BCUT2D eigenvalue weighted by Gasteiger charge is 2.29. The van der Waals surface area contributed by atoms with Crippen molar-refractivity contribution in [1.82, 2.24) is 10.2 Å². The molecule has 16 heavy (non-hydrogen) atoms. The van der Waals surface area contributed by atoms with E-state index in [4.69, 9.17) is 0 Å². The van der Waals surface area contributed by atoms with Crippen LogP contribution in [0.25, 0.3) is 0 Å². The van der Waals surface area contributed by atoms with Crippen molar-refractivity contribution in [2.45, 2.75) is 44.8 Å². The molecule has 0 aromatic carbocycles. The van der Waals surface area contributed by atoms with Gasteiger partial charge in [-0.1, -0.05) is 0 Å². The van der Waals surface area contributed by atoms with E-state index < -0.39 is 0 Å². The highest BCUT2D eigenvalue weighted by atomic mass is 32.1. The van der Waals surface area contributed by atoms with Crippen molar-refractivity contribution < 1.29 is 0 Å². The average Bonchev–Trinajstić information content (AvgIpc) is 2.82. The normalized spacial score (nSPS) is 26.4. The van der Waals surface area contributed by atoms with Crippen LogP contribution in [0.4, 0.5) is 0 Å². The fourth-order valence-corrected chi connectivity index (χ4v) is 3.41. The first-order valence-corrected chi connectivity index (χ1v) is 7.20. The van der Waals surface area contributed by atoms with Crippen molar-refractivity contribution in [2.75, 3.05) is 13.1 Å². The Morgan fingerprint density at radius 2 is 2.25 bits per heavy atom. The van der Waals surface area contributed by atoms with E-state index in [0.717, 1.165) is 18.6 Å². The molecule has 2 nitrogen and oxygen atoms in total. The smallest absolute Gasteiger partial charge is 0.0331 e. The summed E-state index contributed by atoms with van der Waals surface area (Å²) in [4.78, 5) is 4.14. The van der Waals surface area contributed by atoms with Crippen LogP contribution in [-0.2, 0) is 6.54 Å². The van der Waals surface area contributed by atoms with Crippen molar-refractivity contribution >= 4 is 11.3 Å². The van der Waals surface area contributed by atoms with Crippen LogP contribution >= 0.6 is 11.3 Å². The lowest BCUT2D eigenvalue weighted by molar-refractivity contribution is 0.322. The maximum atomic E-state index is 3.74. The van der Waals surface area contributed by atoms with E-state index in [2.05, 4.69) is 28.6 Å². The van der Waals surface area contributed by atoms with Gasteiger partial charge in [0.1, 0.15) is 0 Å². The van der Waals surface area contributed by atoms with Gasteiger partial charge in [-0.3, -0.25) is 4.90 Å². The molecule has 0 amide bonds. The highest BCUT2D eigenvalue weighted by Crippen LogP contribution is 2.24. The minimum atomic E-state index is 0.757. The highest BCUT2D eigenvalue weighted by molar-refractivity contribution is 7.10. The summed E-state index contributed by atoms with van der Waals surface area (Å²) in [6.45, 7) is 5.89. The summed E-state index contributed by atoms with van der Waals surface area (Å²) < 4.78 is 0. The van der Waals surface area contributed by atoms with E-state index in [-0.39, 0.29) is 0 Å². The van der Waals surface area contributed by atoms with Crippen LogP contribution in [0.5, 0.6) is 0 Å². The lowest BCUT2D eigenvalue weighted by Crippen LogP contribution is -2.33. The topological polar surface area (TPSA) is 15.3 Å². The molecular weight excluding hydrogens is 216 g/mol. The Hall–Kier alpha value is -0.380. The molecule has 0 spiro atoms. The number of hydrogen-bond acceptors (Lipinski definition) is 3. The van der Waals surface area contributed by atoms with Gasteiger partial charge in [0.05, 0.1) is 0 Å². The Morgan fingerprint density at radius 1 is 1.38 bits per heavy atom. The van der Waals surface area contributed by atoms with Crippen molar-refractivity contribution in [1.29, 1.82) is 0 Å². The summed E-state index contributed by atoms with van der Waals surface area (Å²) in [7, 11) is 0. The third-order valence-electron chi connectivity index (χ3n) is 3.66. The van der Waals surface area contributed by atoms with Crippen molar-refractivity contribution in [3.63, 3.8) is 0 Å². The fraction of sp³-hybridized carbons (Fsp3) is 0.692. The quantitative estimate of drug-likeness (QED) is 0.863. The molecule has 1 aliphatic carbocycles. The SMILES string of the molecule is Cc1ccsc1CN1CCC(NC2CC2)C1. The number of likely N-dealkylation sites (tertiary alicyclic amines) is 1. The second kappa shape index (κ2) is 4.47. The first kappa shape index (κ1) is 10.8. The molecule has 1 atom stereocenters. The van der Waals surface area contributed by atoms with E-state index >= 15 is 0 Å². The summed E-state index contributed by atoms with van der Waals surface area (Å²) in [5.41, 5.74) is 1.46. The maximum Gasteiger partial charge on any atom is 0.0331 e. The lowest BCUT2D eigenvalue weighted by Gasteiger charge is -2.16. The van der Waals surface area contributed by atoms with Crippen molar-refractivity contribution in [3.05, 3.63) is 21.9 Å². The molecule has 1 saturated carbocycles. The molecule has 3 rings (SSSR count). The average molecular weight is 236 g/mol. The Labute approximate surface area is 102 Å². The summed E-state index contributed by atoms with van der Waals surface area (Å²) in [5.74, 6) is 0. The van der Waals surface area contributed by atoms with E-state index in [1.54, 1.807) is 4.88 Å². The monoisotopic (exact) mass is 236 g/mol. The molecule has 0 bridgehead atoms. The van der Waals surface area contributed by atoms with Crippen LogP contribution in [0, 0.1) is 6.92 Å². The number of nitrogens with one attached hydrogen (secondary N) is 1. The molecule has 2 fully saturated rings. The Morgan fingerprint density at radius 3 is 2.94 bits per heavy atom. The van der Waals surface area contributed by atoms with Gasteiger partial charge in [-0.25, -0.2) is 0 Å². The molecule has 2 heterocycles. The van der Waals surface area contributed by atoms with Gasteiger partial charge in [-0.05, 0) is 43.2 Å². The molecule has 1 aromatic rings. The van der Waals surface area contributed by atoms with Crippen molar-refractivity contribution in [2.24, 2.45) is 0 Å². The number of thiophene rings is 1.